The van der Waals surface area contributed by atoms with Gasteiger partial charge in [-0.2, -0.15) is 0 Å². The van der Waals surface area contributed by atoms with Crippen molar-refractivity contribution in [2.45, 2.75) is 68.7 Å². The van der Waals surface area contributed by atoms with Crippen molar-refractivity contribution >= 4 is 11.8 Å². The molecule has 3 N–H and O–H groups in total. The predicted octanol–water partition coefficient (Wildman–Crippen LogP) is 0.253. The molecular weight excluding hydrogens is 368 g/mol. The number of Topliss-reactive ketones (excluding diaryl/α,β-unsaturated/α-hetero) is 1. The van der Waals surface area contributed by atoms with E-state index in [1.807, 2.05) is 6.92 Å². The molecule has 10 atom stereocenters. The number of esters is 1. The number of aliphatic hydroxyl groups excluding tert-OH is 2. The predicted molar refractivity (Wildman–Crippen MR) is 93.1 cm³/mol. The van der Waals surface area contributed by atoms with Crippen molar-refractivity contribution in [1.82, 2.24) is 0 Å². The van der Waals surface area contributed by atoms with Gasteiger partial charge in [0.25, 0.3) is 0 Å². The highest BCUT2D eigenvalue weighted by atomic mass is 16.6. The van der Waals surface area contributed by atoms with Crippen LogP contribution in [-0.4, -0.2) is 69.3 Å². The maximum absolute atomic E-state index is 13.6. The summed E-state index contributed by atoms with van der Waals surface area (Å²) >= 11 is 0. The Bertz CT molecular complexity index is 817. The minimum atomic E-state index is -1.75. The van der Waals surface area contributed by atoms with Crippen molar-refractivity contribution in [2.24, 2.45) is 23.7 Å². The Morgan fingerprint density at radius 1 is 1.21 bits per heavy atom. The molecule has 6 rings (SSSR count). The van der Waals surface area contributed by atoms with E-state index in [4.69, 9.17) is 14.2 Å². The maximum atomic E-state index is 13.6. The zero-order chi connectivity index (χ0) is 20.4. The summed E-state index contributed by atoms with van der Waals surface area (Å²) in [6, 6.07) is 0. The Hall–Kier alpha value is -1.48. The van der Waals surface area contributed by atoms with Gasteiger partial charge < -0.3 is 29.5 Å². The van der Waals surface area contributed by atoms with Crippen LogP contribution < -0.4 is 0 Å². The SMILES string of the molecule is CO[C@@H]1[C@@H]2[C@@H](O)[C@@H]3O[C@]45/C(=C(/O)[C@H](C)C[C@@](C)(O)C(=O)[C@@H]14)C(=O)O[C@]25C[C@H]3C. The van der Waals surface area contributed by atoms with Gasteiger partial charge in [0, 0.05) is 13.0 Å². The molecule has 2 saturated carbocycles. The summed E-state index contributed by atoms with van der Waals surface area (Å²) in [5.41, 5.74) is -4.67. The van der Waals surface area contributed by atoms with Crippen molar-refractivity contribution in [3.8, 4) is 0 Å². The molecule has 28 heavy (non-hydrogen) atoms. The Labute approximate surface area is 162 Å². The molecule has 0 aromatic carbocycles. The normalized spacial score (nSPS) is 59.7. The molecule has 2 spiro atoms. The largest absolute Gasteiger partial charge is 0.511 e. The van der Waals surface area contributed by atoms with Gasteiger partial charge >= 0.3 is 5.97 Å². The smallest absolute Gasteiger partial charge is 0.341 e. The molecule has 0 unspecified atom stereocenters. The van der Waals surface area contributed by atoms with E-state index in [9.17, 15) is 24.9 Å². The second-order valence-electron chi connectivity index (χ2n) is 9.48. The number of aliphatic hydroxyl groups is 3. The Morgan fingerprint density at radius 3 is 2.54 bits per heavy atom. The zero-order valence-corrected chi connectivity index (χ0v) is 16.3. The first-order valence-corrected chi connectivity index (χ1v) is 9.86. The monoisotopic (exact) mass is 394 g/mol. The minimum absolute atomic E-state index is 0.0396. The van der Waals surface area contributed by atoms with Gasteiger partial charge in [-0.15, -0.1) is 0 Å². The molecule has 3 aliphatic carbocycles. The first kappa shape index (κ1) is 18.5. The van der Waals surface area contributed by atoms with E-state index in [0.29, 0.717) is 6.42 Å². The molecule has 3 aliphatic heterocycles. The lowest BCUT2D eigenvalue weighted by Crippen LogP contribution is -2.72. The number of carbonyl (C=O) groups is 2. The van der Waals surface area contributed by atoms with Crippen LogP contribution in [0.5, 0.6) is 0 Å². The lowest BCUT2D eigenvalue weighted by Gasteiger charge is -2.58. The lowest BCUT2D eigenvalue weighted by molar-refractivity contribution is -0.303. The van der Waals surface area contributed by atoms with Crippen molar-refractivity contribution in [2.75, 3.05) is 7.11 Å². The number of allylic oxidation sites excluding steroid dienone is 1. The van der Waals surface area contributed by atoms with Crippen LogP contribution in [0.3, 0.4) is 0 Å². The van der Waals surface area contributed by atoms with Gasteiger partial charge in [-0.1, -0.05) is 13.8 Å². The molecule has 0 amide bonds. The fraction of sp³-hybridized carbons (Fsp3) is 0.800. The van der Waals surface area contributed by atoms with Crippen LogP contribution in [0.2, 0.25) is 0 Å². The van der Waals surface area contributed by atoms with Crippen LogP contribution in [0.15, 0.2) is 11.3 Å². The van der Waals surface area contributed by atoms with E-state index in [1.54, 1.807) is 6.92 Å². The summed E-state index contributed by atoms with van der Waals surface area (Å²) in [6.07, 6.45) is -2.08. The number of ketones is 1. The van der Waals surface area contributed by atoms with Gasteiger partial charge in [0.2, 0.25) is 0 Å². The van der Waals surface area contributed by atoms with Crippen LogP contribution >= 0.6 is 0 Å². The van der Waals surface area contributed by atoms with Gasteiger partial charge in [0.15, 0.2) is 17.0 Å². The van der Waals surface area contributed by atoms with E-state index in [2.05, 4.69) is 0 Å². The third-order valence-electron chi connectivity index (χ3n) is 7.86. The summed E-state index contributed by atoms with van der Waals surface area (Å²) in [7, 11) is 1.44. The summed E-state index contributed by atoms with van der Waals surface area (Å²) in [5.74, 6) is -3.95. The quantitative estimate of drug-likeness (QED) is 0.541. The molecule has 3 saturated heterocycles. The first-order valence-electron chi connectivity index (χ1n) is 9.86. The molecule has 0 aromatic rings. The number of hydrogen-bond acceptors (Lipinski definition) is 8. The van der Waals surface area contributed by atoms with Crippen molar-refractivity contribution < 1.29 is 39.1 Å². The summed E-state index contributed by atoms with van der Waals surface area (Å²) < 4.78 is 17.9. The maximum Gasteiger partial charge on any atom is 0.341 e. The highest BCUT2D eigenvalue weighted by molar-refractivity contribution is 6.01. The van der Waals surface area contributed by atoms with Crippen LogP contribution in [0.4, 0.5) is 0 Å². The van der Waals surface area contributed by atoms with E-state index < -0.39 is 64.6 Å². The van der Waals surface area contributed by atoms with Crippen LogP contribution in [0, 0.1) is 23.7 Å². The molecule has 0 aromatic heterocycles. The summed E-state index contributed by atoms with van der Waals surface area (Å²) in [5, 5.41) is 33.0. The average Bonchev–Trinajstić information content (AvgIpc) is 2.94. The van der Waals surface area contributed by atoms with Gasteiger partial charge in [0.05, 0.1) is 30.1 Å². The molecule has 8 heteroatoms. The zero-order valence-electron chi connectivity index (χ0n) is 16.3. The summed E-state index contributed by atoms with van der Waals surface area (Å²) in [4.78, 5) is 26.6. The Kier molecular flexibility index (Phi) is 3.42. The molecule has 3 heterocycles. The topological polar surface area (TPSA) is 123 Å². The Balaban J connectivity index is 1.87. The molecule has 8 nitrogen and oxygen atoms in total. The van der Waals surface area contributed by atoms with E-state index in [0.717, 1.165) is 0 Å². The Morgan fingerprint density at radius 2 is 1.89 bits per heavy atom. The van der Waals surface area contributed by atoms with Gasteiger partial charge in [-0.25, -0.2) is 4.79 Å². The second-order valence-corrected chi connectivity index (χ2v) is 9.48. The van der Waals surface area contributed by atoms with Gasteiger partial charge in [-0.3, -0.25) is 4.79 Å². The van der Waals surface area contributed by atoms with Crippen LogP contribution in [0.25, 0.3) is 0 Å². The fourth-order valence-electron chi connectivity index (χ4n) is 6.95. The molecule has 154 valence electrons. The van der Waals surface area contributed by atoms with Crippen molar-refractivity contribution in [3.63, 3.8) is 0 Å². The number of carbonyl (C=O) groups excluding carboxylic acids is 2. The third-order valence-corrected chi connectivity index (χ3v) is 7.86. The van der Waals surface area contributed by atoms with E-state index in [1.165, 1.54) is 14.0 Å². The van der Waals surface area contributed by atoms with E-state index >= 15 is 0 Å². The molecular formula is C20H26O8. The number of methoxy groups -OCH3 is 1. The highest BCUT2D eigenvalue weighted by Crippen LogP contribution is 2.71. The highest BCUT2D eigenvalue weighted by Gasteiger charge is 2.88. The minimum Gasteiger partial charge on any atom is -0.511 e. The van der Waals surface area contributed by atoms with Crippen LogP contribution in [0.1, 0.15) is 33.6 Å². The van der Waals surface area contributed by atoms with Gasteiger partial charge in [0.1, 0.15) is 16.9 Å². The van der Waals surface area contributed by atoms with Crippen molar-refractivity contribution in [1.29, 1.82) is 0 Å². The third kappa shape index (κ3) is 1.69. The number of rotatable bonds is 1. The number of ether oxygens (including phenoxy) is 3. The standard InChI is InChI=1S/C20H26O8/c1-7-5-18(3,25)16(23)11-15(26-4)9-13(22)14-8(2)6-19(9)20(11,27-14)10(12(7)21)17(24)28-19/h7-9,11,13-15,21-22,25H,5-6H2,1-4H3/b12-10+/t7-,8-,9+,11-,13-,14-,15-,18-,19-,20-/m1/s1. The van der Waals surface area contributed by atoms with Crippen LogP contribution in [-0.2, 0) is 23.8 Å². The lowest BCUT2D eigenvalue weighted by atomic mass is 9.59. The molecule has 0 radical (unpaired) electrons. The fourth-order valence-corrected chi connectivity index (χ4v) is 6.95. The van der Waals surface area contributed by atoms with Gasteiger partial charge in [-0.05, 0) is 25.7 Å². The number of hydrogen-bond donors (Lipinski definition) is 3. The molecule has 6 aliphatic rings. The second kappa shape index (κ2) is 5.16. The van der Waals surface area contributed by atoms with E-state index in [-0.39, 0.29) is 23.7 Å². The molecule has 5 fully saturated rings. The number of fused-ring (bicyclic) bond motifs is 1. The van der Waals surface area contributed by atoms with Crippen molar-refractivity contribution in [3.05, 3.63) is 11.3 Å². The molecule has 4 bridgehead atoms. The first-order chi connectivity index (χ1) is 13.0. The average molecular weight is 394 g/mol. The summed E-state index contributed by atoms with van der Waals surface area (Å²) in [6.45, 7) is 4.97.